The smallest absolute Gasteiger partial charge is 0.411 e. The summed E-state index contributed by atoms with van der Waals surface area (Å²) in [6, 6.07) is 6.46. The van der Waals surface area contributed by atoms with Gasteiger partial charge in [-0.25, -0.2) is 9.59 Å². The highest BCUT2D eigenvalue weighted by atomic mass is 16.6. The molecule has 1 amide bonds. The fraction of sp³-hybridized carbons (Fsp3) is 0.333. The first-order chi connectivity index (χ1) is 8.45. The lowest BCUT2D eigenvalue weighted by atomic mass is 10.0. The maximum atomic E-state index is 11.6. The average molecular weight is 251 g/mol. The molecule has 2 N–H and O–H groups in total. The van der Waals surface area contributed by atoms with Gasteiger partial charge in [0.25, 0.3) is 0 Å². The van der Waals surface area contributed by atoms with Crippen LogP contribution in [0.5, 0.6) is 5.75 Å². The molecule has 1 aromatic rings. The maximum absolute atomic E-state index is 11.6. The van der Waals surface area contributed by atoms with Crippen LogP contribution in [0.15, 0.2) is 24.3 Å². The zero-order chi connectivity index (χ0) is 13.3. The molecular formula is C12H13NO5. The summed E-state index contributed by atoms with van der Waals surface area (Å²) in [4.78, 5) is 23.9. The third-order valence-electron chi connectivity index (χ3n) is 3.07. The van der Waals surface area contributed by atoms with Crippen molar-refractivity contribution in [2.24, 2.45) is 0 Å². The summed E-state index contributed by atoms with van der Waals surface area (Å²) < 4.78 is 4.78. The number of benzene rings is 1. The summed E-state index contributed by atoms with van der Waals surface area (Å²) in [6.07, 6.45) is -0.692. The Kier molecular flexibility index (Phi) is 2.86. The molecule has 0 spiro atoms. The van der Waals surface area contributed by atoms with Crippen molar-refractivity contribution < 1.29 is 24.5 Å². The highest BCUT2D eigenvalue weighted by Gasteiger charge is 2.49. The van der Waals surface area contributed by atoms with Crippen LogP contribution in [-0.4, -0.2) is 39.3 Å². The predicted molar refractivity (Wildman–Crippen MR) is 61.0 cm³/mol. The zero-order valence-electron chi connectivity index (χ0n) is 9.79. The van der Waals surface area contributed by atoms with E-state index in [1.54, 1.807) is 18.2 Å². The number of rotatable bonds is 3. The van der Waals surface area contributed by atoms with Crippen LogP contribution < -0.4 is 0 Å². The van der Waals surface area contributed by atoms with Crippen LogP contribution in [0.1, 0.15) is 12.5 Å². The zero-order valence-corrected chi connectivity index (χ0v) is 9.79. The van der Waals surface area contributed by atoms with Crippen LogP contribution in [-0.2, 0) is 16.1 Å². The first-order valence-electron chi connectivity index (χ1n) is 5.40. The normalized spacial score (nSPS) is 22.9. The van der Waals surface area contributed by atoms with Gasteiger partial charge in [-0.15, -0.1) is 0 Å². The minimum Gasteiger partial charge on any atom is -0.508 e. The van der Waals surface area contributed by atoms with Crippen LogP contribution >= 0.6 is 0 Å². The number of phenols is 1. The standard InChI is InChI=1S/C12H13NO5/c1-12(10(15)16)7-18-11(17)13(12)6-8-4-2-3-5-9(8)14/h2-5,14H,6-7H2,1H3,(H,15,16). The molecule has 6 nitrogen and oxygen atoms in total. The van der Waals surface area contributed by atoms with E-state index in [0.717, 1.165) is 4.90 Å². The Hall–Kier alpha value is -2.24. The van der Waals surface area contributed by atoms with Crippen molar-refractivity contribution >= 4 is 12.1 Å². The number of carboxylic acids is 1. The summed E-state index contributed by atoms with van der Waals surface area (Å²) in [5.41, 5.74) is -0.928. The summed E-state index contributed by atoms with van der Waals surface area (Å²) in [7, 11) is 0. The van der Waals surface area contributed by atoms with Crippen LogP contribution in [0.25, 0.3) is 0 Å². The number of phenolic OH excluding ortho intramolecular Hbond substituents is 1. The van der Waals surface area contributed by atoms with Crippen molar-refractivity contribution in [1.29, 1.82) is 0 Å². The molecule has 2 rings (SSSR count). The average Bonchev–Trinajstić information content (AvgIpc) is 2.61. The second-order valence-electron chi connectivity index (χ2n) is 4.35. The van der Waals surface area contributed by atoms with Crippen LogP contribution in [0.2, 0.25) is 0 Å². The number of aliphatic carboxylic acids is 1. The van der Waals surface area contributed by atoms with E-state index in [-0.39, 0.29) is 18.9 Å². The fourth-order valence-corrected chi connectivity index (χ4v) is 1.79. The predicted octanol–water partition coefficient (Wildman–Crippen LogP) is 1.19. The fourth-order valence-electron chi connectivity index (χ4n) is 1.79. The number of carbonyl (C=O) groups is 2. The topological polar surface area (TPSA) is 87.1 Å². The Balaban J connectivity index is 2.29. The van der Waals surface area contributed by atoms with Crippen molar-refractivity contribution in [3.05, 3.63) is 29.8 Å². The summed E-state index contributed by atoms with van der Waals surface area (Å²) in [6.45, 7) is 1.21. The Bertz CT molecular complexity index is 501. The van der Waals surface area contributed by atoms with E-state index >= 15 is 0 Å². The van der Waals surface area contributed by atoms with Crippen molar-refractivity contribution in [3.63, 3.8) is 0 Å². The highest BCUT2D eigenvalue weighted by molar-refractivity contribution is 5.86. The SMILES string of the molecule is CC1(C(=O)O)COC(=O)N1Cc1ccccc1O. The van der Waals surface area contributed by atoms with Gasteiger partial charge in [0.2, 0.25) is 0 Å². The maximum Gasteiger partial charge on any atom is 0.411 e. The number of cyclic esters (lactones) is 1. The lowest BCUT2D eigenvalue weighted by Crippen LogP contribution is -2.50. The molecule has 1 aliphatic rings. The lowest BCUT2D eigenvalue weighted by Gasteiger charge is -2.27. The molecule has 1 aliphatic heterocycles. The Morgan fingerprint density at radius 2 is 2.17 bits per heavy atom. The van der Waals surface area contributed by atoms with E-state index in [9.17, 15) is 19.8 Å². The van der Waals surface area contributed by atoms with Crippen molar-refractivity contribution in [3.8, 4) is 5.75 Å². The Morgan fingerprint density at radius 1 is 1.50 bits per heavy atom. The van der Waals surface area contributed by atoms with E-state index < -0.39 is 17.6 Å². The van der Waals surface area contributed by atoms with E-state index in [1.807, 2.05) is 0 Å². The molecule has 0 bridgehead atoms. The number of hydrogen-bond acceptors (Lipinski definition) is 4. The second kappa shape index (κ2) is 4.21. The number of ether oxygens (including phenoxy) is 1. The monoisotopic (exact) mass is 251 g/mol. The van der Waals surface area contributed by atoms with Crippen molar-refractivity contribution in [2.75, 3.05) is 6.61 Å². The van der Waals surface area contributed by atoms with Crippen LogP contribution in [0.3, 0.4) is 0 Å². The molecule has 6 heteroatoms. The largest absolute Gasteiger partial charge is 0.508 e. The summed E-state index contributed by atoms with van der Waals surface area (Å²) >= 11 is 0. The van der Waals surface area contributed by atoms with Gasteiger partial charge in [-0.1, -0.05) is 18.2 Å². The molecule has 1 fully saturated rings. The van der Waals surface area contributed by atoms with Crippen LogP contribution in [0, 0.1) is 0 Å². The van der Waals surface area contributed by atoms with E-state index in [2.05, 4.69) is 0 Å². The second-order valence-corrected chi connectivity index (χ2v) is 4.35. The van der Waals surface area contributed by atoms with E-state index in [4.69, 9.17) is 4.74 Å². The molecule has 0 saturated carbocycles. The van der Waals surface area contributed by atoms with Crippen LogP contribution in [0.4, 0.5) is 4.79 Å². The van der Waals surface area contributed by atoms with E-state index in [0.29, 0.717) is 5.56 Å². The van der Waals surface area contributed by atoms with Gasteiger partial charge in [-0.2, -0.15) is 0 Å². The number of carbonyl (C=O) groups excluding carboxylic acids is 1. The number of amides is 1. The summed E-state index contributed by atoms with van der Waals surface area (Å²) in [5, 5.41) is 18.8. The summed E-state index contributed by atoms with van der Waals surface area (Å²) in [5.74, 6) is -1.12. The number of carboxylic acid groups (broad SMARTS) is 1. The number of nitrogens with zero attached hydrogens (tertiary/aromatic N) is 1. The Morgan fingerprint density at radius 3 is 2.78 bits per heavy atom. The van der Waals surface area contributed by atoms with Gasteiger partial charge in [0.05, 0.1) is 6.54 Å². The van der Waals surface area contributed by atoms with Gasteiger partial charge < -0.3 is 14.9 Å². The van der Waals surface area contributed by atoms with Gasteiger partial charge in [-0.3, -0.25) is 4.90 Å². The van der Waals surface area contributed by atoms with Gasteiger partial charge in [0.1, 0.15) is 12.4 Å². The molecule has 1 saturated heterocycles. The first kappa shape index (κ1) is 12.2. The molecule has 18 heavy (non-hydrogen) atoms. The van der Waals surface area contributed by atoms with Crippen molar-refractivity contribution in [2.45, 2.75) is 19.0 Å². The van der Waals surface area contributed by atoms with Gasteiger partial charge in [0.15, 0.2) is 5.54 Å². The number of aromatic hydroxyl groups is 1. The minimum atomic E-state index is -1.40. The molecular weight excluding hydrogens is 238 g/mol. The quantitative estimate of drug-likeness (QED) is 0.842. The van der Waals surface area contributed by atoms with Gasteiger partial charge in [-0.05, 0) is 13.0 Å². The molecule has 1 atom stereocenters. The lowest BCUT2D eigenvalue weighted by molar-refractivity contribution is -0.147. The third kappa shape index (κ3) is 1.85. The molecule has 1 aromatic carbocycles. The molecule has 0 radical (unpaired) electrons. The Labute approximate surface area is 103 Å². The molecule has 0 aliphatic carbocycles. The molecule has 0 aromatic heterocycles. The minimum absolute atomic E-state index is 0.00565. The number of hydrogen-bond donors (Lipinski definition) is 2. The van der Waals surface area contributed by atoms with Crippen molar-refractivity contribution in [1.82, 2.24) is 4.90 Å². The third-order valence-corrected chi connectivity index (χ3v) is 3.07. The molecule has 96 valence electrons. The van der Waals surface area contributed by atoms with Gasteiger partial charge in [0, 0.05) is 5.56 Å². The molecule has 1 heterocycles. The van der Waals surface area contributed by atoms with E-state index in [1.165, 1.54) is 13.0 Å². The first-order valence-corrected chi connectivity index (χ1v) is 5.40. The number of para-hydroxylation sites is 1. The molecule has 1 unspecified atom stereocenters. The highest BCUT2D eigenvalue weighted by Crippen LogP contribution is 2.28. The van der Waals surface area contributed by atoms with Gasteiger partial charge >= 0.3 is 12.1 Å².